The van der Waals surface area contributed by atoms with E-state index in [0.29, 0.717) is 0 Å². The summed E-state index contributed by atoms with van der Waals surface area (Å²) in [5.74, 6) is 0. The molecule has 1 unspecified atom stereocenters. The summed E-state index contributed by atoms with van der Waals surface area (Å²) < 4.78 is 13.4. The normalized spacial score (nSPS) is 28.1. The van der Waals surface area contributed by atoms with Crippen molar-refractivity contribution in [1.29, 1.82) is 0 Å². The predicted molar refractivity (Wildman–Crippen MR) is 45.4 cm³/mol. The molecule has 0 aliphatic carbocycles. The van der Waals surface area contributed by atoms with E-state index < -0.39 is 5.67 Å². The van der Waals surface area contributed by atoms with Gasteiger partial charge in [-0.3, -0.25) is 0 Å². The molecule has 0 radical (unpaired) electrons. The van der Waals surface area contributed by atoms with Crippen molar-refractivity contribution < 1.29 is 4.39 Å². The Kier molecular flexibility index (Phi) is 2.88. The SMILES string of the molecule is CC(C)(F)C1CCCCCN1. The van der Waals surface area contributed by atoms with Gasteiger partial charge in [-0.25, -0.2) is 4.39 Å². The number of hydrogen-bond acceptors (Lipinski definition) is 1. The van der Waals surface area contributed by atoms with Crippen LogP contribution in [-0.2, 0) is 0 Å². The van der Waals surface area contributed by atoms with Gasteiger partial charge in [-0.05, 0) is 33.2 Å². The standard InChI is InChI=1S/C9H18FN/c1-9(2,10)8-6-4-3-5-7-11-8/h8,11H,3-7H2,1-2H3. The molecule has 0 aromatic rings. The van der Waals surface area contributed by atoms with Crippen molar-refractivity contribution >= 4 is 0 Å². The van der Waals surface area contributed by atoms with Crippen LogP contribution in [0.3, 0.4) is 0 Å². The molecule has 1 aliphatic rings. The van der Waals surface area contributed by atoms with E-state index in [2.05, 4.69) is 5.32 Å². The first kappa shape index (κ1) is 8.98. The molecule has 1 nitrogen and oxygen atoms in total. The van der Waals surface area contributed by atoms with Gasteiger partial charge >= 0.3 is 0 Å². The van der Waals surface area contributed by atoms with Gasteiger partial charge < -0.3 is 5.32 Å². The second kappa shape index (κ2) is 3.53. The lowest BCUT2D eigenvalue weighted by Crippen LogP contribution is -2.43. The summed E-state index contributed by atoms with van der Waals surface area (Å²) in [5, 5.41) is 3.25. The molecular weight excluding hydrogens is 141 g/mol. The van der Waals surface area contributed by atoms with Gasteiger partial charge in [0.2, 0.25) is 0 Å². The van der Waals surface area contributed by atoms with E-state index in [-0.39, 0.29) is 6.04 Å². The van der Waals surface area contributed by atoms with Crippen molar-refractivity contribution in [2.45, 2.75) is 51.2 Å². The number of hydrogen-bond donors (Lipinski definition) is 1. The Morgan fingerprint density at radius 1 is 1.27 bits per heavy atom. The largest absolute Gasteiger partial charge is 0.311 e. The first-order valence-electron chi connectivity index (χ1n) is 4.53. The van der Waals surface area contributed by atoms with Gasteiger partial charge in [-0.15, -0.1) is 0 Å². The summed E-state index contributed by atoms with van der Waals surface area (Å²) in [6.45, 7) is 4.31. The highest BCUT2D eigenvalue weighted by Gasteiger charge is 2.28. The first-order chi connectivity index (χ1) is 5.11. The summed E-state index contributed by atoms with van der Waals surface area (Å²) in [5.41, 5.74) is -1.05. The second-order valence-electron chi connectivity index (χ2n) is 3.92. The highest BCUT2D eigenvalue weighted by molar-refractivity contribution is 4.85. The molecule has 0 aromatic carbocycles. The van der Waals surface area contributed by atoms with Crippen LogP contribution in [0, 0.1) is 0 Å². The number of nitrogens with one attached hydrogen (secondary N) is 1. The van der Waals surface area contributed by atoms with Crippen LogP contribution < -0.4 is 5.32 Å². The van der Waals surface area contributed by atoms with Gasteiger partial charge in [-0.2, -0.15) is 0 Å². The van der Waals surface area contributed by atoms with Crippen molar-refractivity contribution in [2.75, 3.05) is 6.54 Å². The van der Waals surface area contributed by atoms with Crippen LogP contribution in [0.1, 0.15) is 39.5 Å². The smallest absolute Gasteiger partial charge is 0.120 e. The van der Waals surface area contributed by atoms with Crippen LogP contribution in [-0.4, -0.2) is 18.3 Å². The van der Waals surface area contributed by atoms with E-state index in [9.17, 15) is 4.39 Å². The molecule has 1 rings (SSSR count). The number of halogens is 1. The molecule has 1 aliphatic heterocycles. The molecule has 0 amide bonds. The van der Waals surface area contributed by atoms with Gasteiger partial charge in [0, 0.05) is 6.04 Å². The van der Waals surface area contributed by atoms with Gasteiger partial charge in [0.05, 0.1) is 0 Å². The Bertz CT molecular complexity index is 109. The van der Waals surface area contributed by atoms with Crippen molar-refractivity contribution in [3.8, 4) is 0 Å². The average molecular weight is 159 g/mol. The second-order valence-corrected chi connectivity index (χ2v) is 3.92. The molecule has 0 bridgehead atoms. The van der Waals surface area contributed by atoms with Crippen LogP contribution in [0.2, 0.25) is 0 Å². The highest BCUT2D eigenvalue weighted by Crippen LogP contribution is 2.21. The molecule has 1 heterocycles. The molecule has 66 valence electrons. The molecule has 11 heavy (non-hydrogen) atoms. The fourth-order valence-electron chi connectivity index (χ4n) is 1.61. The predicted octanol–water partition coefficient (Wildman–Crippen LogP) is 2.27. The number of rotatable bonds is 1. The highest BCUT2D eigenvalue weighted by atomic mass is 19.1. The molecule has 1 saturated heterocycles. The van der Waals surface area contributed by atoms with Crippen LogP contribution in [0.15, 0.2) is 0 Å². The van der Waals surface area contributed by atoms with E-state index in [1.54, 1.807) is 13.8 Å². The van der Waals surface area contributed by atoms with Gasteiger partial charge in [-0.1, -0.05) is 12.8 Å². The van der Waals surface area contributed by atoms with E-state index in [0.717, 1.165) is 13.0 Å². The maximum Gasteiger partial charge on any atom is 0.120 e. The molecular formula is C9H18FN. The van der Waals surface area contributed by atoms with Crippen molar-refractivity contribution in [3.63, 3.8) is 0 Å². The molecule has 1 fully saturated rings. The molecule has 0 saturated carbocycles. The van der Waals surface area contributed by atoms with E-state index >= 15 is 0 Å². The minimum Gasteiger partial charge on any atom is -0.311 e. The minimum atomic E-state index is -1.05. The fraction of sp³-hybridized carbons (Fsp3) is 1.00. The topological polar surface area (TPSA) is 12.0 Å². The van der Waals surface area contributed by atoms with Crippen LogP contribution in [0.25, 0.3) is 0 Å². The van der Waals surface area contributed by atoms with Gasteiger partial charge in [0.25, 0.3) is 0 Å². The average Bonchev–Trinajstić information content (AvgIpc) is 2.10. The maximum absolute atomic E-state index is 13.4. The third kappa shape index (κ3) is 2.78. The molecule has 2 heteroatoms. The summed E-state index contributed by atoms with van der Waals surface area (Å²) in [6, 6.07) is 0.0741. The minimum absolute atomic E-state index is 0.0741. The van der Waals surface area contributed by atoms with Crippen molar-refractivity contribution in [2.24, 2.45) is 0 Å². The Morgan fingerprint density at radius 3 is 2.64 bits per heavy atom. The van der Waals surface area contributed by atoms with E-state index in [1.807, 2.05) is 0 Å². The third-order valence-electron chi connectivity index (χ3n) is 2.39. The molecule has 1 N–H and O–H groups in total. The number of alkyl halides is 1. The maximum atomic E-state index is 13.4. The summed E-state index contributed by atoms with van der Waals surface area (Å²) >= 11 is 0. The fourth-order valence-corrected chi connectivity index (χ4v) is 1.61. The van der Waals surface area contributed by atoms with E-state index in [4.69, 9.17) is 0 Å². The van der Waals surface area contributed by atoms with Gasteiger partial charge in [0.15, 0.2) is 0 Å². The Balaban J connectivity index is 2.43. The van der Waals surface area contributed by atoms with Gasteiger partial charge in [0.1, 0.15) is 5.67 Å². The lowest BCUT2D eigenvalue weighted by molar-refractivity contribution is 0.146. The quantitative estimate of drug-likeness (QED) is 0.619. The third-order valence-corrected chi connectivity index (χ3v) is 2.39. The monoisotopic (exact) mass is 159 g/mol. The lowest BCUT2D eigenvalue weighted by atomic mass is 9.97. The zero-order valence-corrected chi connectivity index (χ0v) is 7.49. The Hall–Kier alpha value is -0.110. The van der Waals surface area contributed by atoms with Crippen LogP contribution in [0.5, 0.6) is 0 Å². The lowest BCUT2D eigenvalue weighted by Gasteiger charge is -2.26. The Labute approximate surface area is 68.4 Å². The molecule has 0 spiro atoms. The van der Waals surface area contributed by atoms with Crippen LogP contribution in [0.4, 0.5) is 4.39 Å². The van der Waals surface area contributed by atoms with E-state index in [1.165, 1.54) is 19.3 Å². The van der Waals surface area contributed by atoms with Crippen LogP contribution >= 0.6 is 0 Å². The molecule has 0 aromatic heterocycles. The summed E-state index contributed by atoms with van der Waals surface area (Å²) in [6.07, 6.45) is 4.61. The first-order valence-corrected chi connectivity index (χ1v) is 4.53. The molecule has 1 atom stereocenters. The summed E-state index contributed by atoms with van der Waals surface area (Å²) in [4.78, 5) is 0. The van der Waals surface area contributed by atoms with Crippen molar-refractivity contribution in [1.82, 2.24) is 5.32 Å². The zero-order valence-electron chi connectivity index (χ0n) is 7.49. The summed E-state index contributed by atoms with van der Waals surface area (Å²) in [7, 11) is 0. The van der Waals surface area contributed by atoms with Crippen molar-refractivity contribution in [3.05, 3.63) is 0 Å². The Morgan fingerprint density at radius 2 is 2.00 bits per heavy atom. The zero-order chi connectivity index (χ0) is 8.32.